The molecule has 0 saturated carbocycles. The Kier molecular flexibility index (Phi) is 4.02. The van der Waals surface area contributed by atoms with Crippen molar-refractivity contribution in [3.63, 3.8) is 0 Å². The number of rotatable bonds is 4. The molecular weight excluding hydrogens is 288 g/mol. The van der Waals surface area contributed by atoms with Crippen molar-refractivity contribution in [3.8, 4) is 16.9 Å². The van der Waals surface area contributed by atoms with Gasteiger partial charge in [-0.15, -0.1) is 0 Å². The summed E-state index contributed by atoms with van der Waals surface area (Å²) in [5, 5.41) is 11.2. The predicted octanol–water partition coefficient (Wildman–Crippen LogP) is 4.59. The molecule has 0 aliphatic carbocycles. The largest absolute Gasteiger partial charge is 0.482 e. The number of benzene rings is 3. The lowest BCUT2D eigenvalue weighted by Gasteiger charge is -2.13. The molecule has 3 rings (SSSR count). The van der Waals surface area contributed by atoms with Crippen LogP contribution in [0.5, 0.6) is 5.75 Å². The van der Waals surface area contributed by atoms with Crippen molar-refractivity contribution < 1.29 is 14.6 Å². The number of fused-ring (bicyclic) bond motifs is 1. The summed E-state index contributed by atoms with van der Waals surface area (Å²) >= 11 is 0. The van der Waals surface area contributed by atoms with E-state index in [1.54, 1.807) is 0 Å². The Balaban J connectivity index is 2.00. The molecule has 3 aromatic rings. The van der Waals surface area contributed by atoms with E-state index in [0.29, 0.717) is 5.75 Å². The fraction of sp³-hybridized carbons (Fsp3) is 0.150. The van der Waals surface area contributed by atoms with Crippen molar-refractivity contribution in [2.45, 2.75) is 13.8 Å². The highest BCUT2D eigenvalue weighted by atomic mass is 16.5. The summed E-state index contributed by atoms with van der Waals surface area (Å²) < 4.78 is 5.18. The lowest BCUT2D eigenvalue weighted by Crippen LogP contribution is -2.09. The molecule has 0 unspecified atom stereocenters. The summed E-state index contributed by atoms with van der Waals surface area (Å²) in [6.07, 6.45) is 0. The Morgan fingerprint density at radius 3 is 2.30 bits per heavy atom. The van der Waals surface area contributed by atoms with Gasteiger partial charge in [-0.3, -0.25) is 0 Å². The summed E-state index contributed by atoms with van der Waals surface area (Å²) in [7, 11) is 0. The van der Waals surface area contributed by atoms with Crippen LogP contribution in [0, 0.1) is 13.8 Å². The lowest BCUT2D eigenvalue weighted by atomic mass is 9.92. The topological polar surface area (TPSA) is 46.5 Å². The molecule has 23 heavy (non-hydrogen) atoms. The average molecular weight is 306 g/mol. The second-order valence-electron chi connectivity index (χ2n) is 5.62. The summed E-state index contributed by atoms with van der Waals surface area (Å²) in [5.74, 6) is -0.415. The van der Waals surface area contributed by atoms with Crippen LogP contribution in [-0.2, 0) is 4.79 Å². The van der Waals surface area contributed by atoms with Gasteiger partial charge in [-0.1, -0.05) is 42.5 Å². The first kappa shape index (κ1) is 15.1. The molecule has 3 nitrogen and oxygen atoms in total. The van der Waals surface area contributed by atoms with Crippen LogP contribution >= 0.6 is 0 Å². The predicted molar refractivity (Wildman–Crippen MR) is 92.0 cm³/mol. The van der Waals surface area contributed by atoms with Crippen LogP contribution in [0.4, 0.5) is 0 Å². The molecule has 0 radical (unpaired) electrons. The van der Waals surface area contributed by atoms with E-state index in [0.717, 1.165) is 5.56 Å². The van der Waals surface area contributed by atoms with E-state index in [-0.39, 0.29) is 6.61 Å². The minimum atomic E-state index is -0.977. The van der Waals surface area contributed by atoms with Gasteiger partial charge >= 0.3 is 5.97 Å². The van der Waals surface area contributed by atoms with E-state index in [1.807, 2.05) is 24.3 Å². The molecule has 0 heterocycles. The van der Waals surface area contributed by atoms with Gasteiger partial charge < -0.3 is 9.84 Å². The smallest absolute Gasteiger partial charge is 0.341 e. The van der Waals surface area contributed by atoms with E-state index in [4.69, 9.17) is 9.84 Å². The van der Waals surface area contributed by atoms with E-state index >= 15 is 0 Å². The molecule has 0 aliphatic heterocycles. The number of aliphatic carboxylic acids is 1. The van der Waals surface area contributed by atoms with Crippen molar-refractivity contribution in [3.05, 3.63) is 65.7 Å². The summed E-state index contributed by atoms with van der Waals surface area (Å²) in [6.45, 7) is 3.93. The number of carbonyl (C=O) groups is 1. The Labute approximate surface area is 135 Å². The van der Waals surface area contributed by atoms with Gasteiger partial charge in [-0.2, -0.15) is 0 Å². The second kappa shape index (κ2) is 6.13. The van der Waals surface area contributed by atoms with Crippen molar-refractivity contribution in [1.29, 1.82) is 0 Å². The first-order valence-electron chi connectivity index (χ1n) is 7.50. The molecule has 0 atom stereocenters. The van der Waals surface area contributed by atoms with Gasteiger partial charge in [0.2, 0.25) is 0 Å². The van der Waals surface area contributed by atoms with Gasteiger partial charge in [0.05, 0.1) is 0 Å². The fourth-order valence-electron chi connectivity index (χ4n) is 2.88. The SMILES string of the molecule is Cc1cc(-c2ccc(OCC(=O)O)cc2)c(C)c2ccccc12. The van der Waals surface area contributed by atoms with Crippen molar-refractivity contribution in [1.82, 2.24) is 0 Å². The highest BCUT2D eigenvalue weighted by Crippen LogP contribution is 2.32. The third-order valence-electron chi connectivity index (χ3n) is 4.05. The Morgan fingerprint density at radius 1 is 1.00 bits per heavy atom. The van der Waals surface area contributed by atoms with Crippen LogP contribution in [0.15, 0.2) is 54.6 Å². The molecule has 0 fully saturated rings. The van der Waals surface area contributed by atoms with Gasteiger partial charge in [0.25, 0.3) is 0 Å². The molecule has 0 spiro atoms. The summed E-state index contributed by atoms with van der Waals surface area (Å²) in [6, 6.07) is 18.1. The van der Waals surface area contributed by atoms with Crippen LogP contribution in [0.1, 0.15) is 11.1 Å². The molecule has 0 amide bonds. The van der Waals surface area contributed by atoms with E-state index in [9.17, 15) is 4.79 Å². The van der Waals surface area contributed by atoms with Gasteiger partial charge in [0, 0.05) is 0 Å². The molecule has 3 aromatic carbocycles. The van der Waals surface area contributed by atoms with Crippen LogP contribution in [0.3, 0.4) is 0 Å². The number of ether oxygens (including phenoxy) is 1. The van der Waals surface area contributed by atoms with Gasteiger partial charge in [0.1, 0.15) is 5.75 Å². The Morgan fingerprint density at radius 2 is 1.65 bits per heavy atom. The number of carboxylic acid groups (broad SMARTS) is 1. The van der Waals surface area contributed by atoms with Crippen molar-refractivity contribution in [2.24, 2.45) is 0 Å². The quantitative estimate of drug-likeness (QED) is 0.767. The summed E-state index contributed by atoms with van der Waals surface area (Å²) in [4.78, 5) is 10.5. The van der Waals surface area contributed by atoms with E-state index < -0.39 is 5.97 Å². The third kappa shape index (κ3) is 3.04. The minimum absolute atomic E-state index is 0.326. The van der Waals surface area contributed by atoms with Crippen LogP contribution in [0.2, 0.25) is 0 Å². The maximum absolute atomic E-state index is 10.5. The normalized spacial score (nSPS) is 10.7. The second-order valence-corrected chi connectivity index (χ2v) is 5.62. The van der Waals surface area contributed by atoms with Crippen molar-refractivity contribution >= 4 is 16.7 Å². The zero-order valence-electron chi connectivity index (χ0n) is 13.2. The highest BCUT2D eigenvalue weighted by molar-refractivity contribution is 5.94. The monoisotopic (exact) mass is 306 g/mol. The van der Waals surface area contributed by atoms with E-state index in [1.165, 1.54) is 27.5 Å². The van der Waals surface area contributed by atoms with Crippen LogP contribution in [-0.4, -0.2) is 17.7 Å². The minimum Gasteiger partial charge on any atom is -0.482 e. The van der Waals surface area contributed by atoms with Gasteiger partial charge in [0.15, 0.2) is 6.61 Å². The zero-order chi connectivity index (χ0) is 16.4. The maximum atomic E-state index is 10.5. The third-order valence-corrected chi connectivity index (χ3v) is 4.05. The standard InChI is InChI=1S/C20H18O3/c1-13-11-19(14(2)18-6-4-3-5-17(13)18)15-7-9-16(10-8-15)23-12-20(21)22/h3-11H,12H2,1-2H3,(H,21,22). The average Bonchev–Trinajstić information content (AvgIpc) is 2.57. The first-order valence-corrected chi connectivity index (χ1v) is 7.50. The number of aryl methyl sites for hydroxylation is 2. The maximum Gasteiger partial charge on any atom is 0.341 e. The van der Waals surface area contributed by atoms with Crippen molar-refractivity contribution in [2.75, 3.05) is 6.61 Å². The number of carboxylic acids is 1. The van der Waals surface area contributed by atoms with Crippen LogP contribution < -0.4 is 4.74 Å². The molecule has 0 aliphatic rings. The number of hydrogen-bond acceptors (Lipinski definition) is 2. The molecule has 0 aromatic heterocycles. The summed E-state index contributed by atoms with van der Waals surface area (Å²) in [5.41, 5.74) is 4.77. The molecule has 0 bridgehead atoms. The van der Waals surface area contributed by atoms with Gasteiger partial charge in [-0.05, 0) is 59.0 Å². The molecule has 0 saturated heterocycles. The molecule has 1 N–H and O–H groups in total. The lowest BCUT2D eigenvalue weighted by molar-refractivity contribution is -0.139. The van der Waals surface area contributed by atoms with Gasteiger partial charge in [-0.25, -0.2) is 4.79 Å². The Hall–Kier alpha value is -2.81. The fourth-order valence-corrected chi connectivity index (χ4v) is 2.88. The number of hydrogen-bond donors (Lipinski definition) is 1. The van der Waals surface area contributed by atoms with Crippen LogP contribution in [0.25, 0.3) is 21.9 Å². The molecular formula is C20H18O3. The highest BCUT2D eigenvalue weighted by Gasteiger charge is 2.09. The first-order chi connectivity index (χ1) is 11.1. The zero-order valence-corrected chi connectivity index (χ0v) is 13.2. The molecule has 116 valence electrons. The molecule has 3 heteroatoms. The Bertz CT molecular complexity index is 864. The van der Waals surface area contributed by atoms with E-state index in [2.05, 4.69) is 44.2 Å².